The first kappa shape index (κ1) is 12.1. The number of carbonyl (C=O) groups is 1. The van der Waals surface area contributed by atoms with Crippen molar-refractivity contribution in [1.29, 1.82) is 0 Å². The highest BCUT2D eigenvalue weighted by molar-refractivity contribution is 9.09. The fourth-order valence-electron chi connectivity index (χ4n) is 1.21. The molecule has 0 N–H and O–H groups in total. The van der Waals surface area contributed by atoms with E-state index < -0.39 is 23.3 Å². The molecule has 0 spiro atoms. The minimum absolute atomic E-state index is 0.125. The summed E-state index contributed by atoms with van der Waals surface area (Å²) >= 11 is 3.08. The molecular weight excluding hydrogens is 270 g/mol. The van der Waals surface area contributed by atoms with Gasteiger partial charge in [0.05, 0.1) is 13.0 Å². The summed E-state index contributed by atoms with van der Waals surface area (Å²) in [6.45, 7) is 0. The molecule has 5 heteroatoms. The Morgan fingerprint density at radius 3 is 2.67 bits per heavy atom. The highest BCUT2D eigenvalue weighted by atomic mass is 79.9. The zero-order chi connectivity index (χ0) is 11.4. The zero-order valence-electron chi connectivity index (χ0n) is 7.97. The van der Waals surface area contributed by atoms with E-state index in [1.807, 2.05) is 0 Å². The maximum atomic E-state index is 13.6. The van der Waals surface area contributed by atoms with Gasteiger partial charge in [0.15, 0.2) is 17.4 Å². The predicted octanol–water partition coefficient (Wildman–Crippen LogP) is 2.65. The first-order chi connectivity index (χ1) is 7.15. The van der Waals surface area contributed by atoms with Gasteiger partial charge in [-0.25, -0.2) is 8.78 Å². The van der Waals surface area contributed by atoms with E-state index in [4.69, 9.17) is 0 Å². The van der Waals surface area contributed by atoms with Crippen LogP contribution in [0.4, 0.5) is 8.78 Å². The zero-order valence-corrected chi connectivity index (χ0v) is 9.55. The fourth-order valence-corrected chi connectivity index (χ4v) is 1.72. The van der Waals surface area contributed by atoms with Crippen LogP contribution in [0.15, 0.2) is 12.1 Å². The molecule has 1 unspecified atom stereocenters. The number of carbonyl (C=O) groups excluding carboxylic acids is 1. The highest BCUT2D eigenvalue weighted by Gasteiger charge is 2.19. The molecule has 82 valence electrons. The molecule has 1 atom stereocenters. The van der Waals surface area contributed by atoms with Crippen molar-refractivity contribution in [2.24, 2.45) is 0 Å². The molecule has 0 aliphatic heterocycles. The van der Waals surface area contributed by atoms with E-state index in [0.717, 1.165) is 6.07 Å². The number of hydrogen-bond donors (Lipinski definition) is 0. The molecule has 0 saturated heterocycles. The highest BCUT2D eigenvalue weighted by Crippen LogP contribution is 2.28. The molecule has 15 heavy (non-hydrogen) atoms. The van der Waals surface area contributed by atoms with Gasteiger partial charge in [0.2, 0.25) is 0 Å². The summed E-state index contributed by atoms with van der Waals surface area (Å²) in [5, 5.41) is 0.280. The van der Waals surface area contributed by atoms with Gasteiger partial charge in [-0.3, -0.25) is 0 Å². The lowest BCUT2D eigenvalue weighted by atomic mass is 10.0. The molecule has 0 aliphatic rings. The maximum Gasteiger partial charge on any atom is 0.190 e. The van der Waals surface area contributed by atoms with Crippen molar-refractivity contribution >= 4 is 22.2 Å². The van der Waals surface area contributed by atoms with Crippen molar-refractivity contribution in [2.75, 3.05) is 12.4 Å². The summed E-state index contributed by atoms with van der Waals surface area (Å²) < 4.78 is 31.2. The van der Waals surface area contributed by atoms with Crippen LogP contribution in [0.3, 0.4) is 0 Å². The topological polar surface area (TPSA) is 26.3 Å². The molecule has 0 heterocycles. The van der Waals surface area contributed by atoms with Gasteiger partial charge >= 0.3 is 0 Å². The first-order valence-electron chi connectivity index (χ1n) is 4.18. The lowest BCUT2D eigenvalue weighted by Gasteiger charge is -2.11. The first-order valence-corrected chi connectivity index (χ1v) is 5.31. The Morgan fingerprint density at radius 2 is 2.20 bits per heavy atom. The Balaban J connectivity index is 3.26. The lowest BCUT2D eigenvalue weighted by Crippen LogP contribution is -2.06. The largest absolute Gasteiger partial charge is 0.491 e. The van der Waals surface area contributed by atoms with Crippen LogP contribution in [-0.2, 0) is 4.79 Å². The van der Waals surface area contributed by atoms with Gasteiger partial charge in [0.1, 0.15) is 6.29 Å². The number of ether oxygens (including phenoxy) is 1. The third-order valence-electron chi connectivity index (χ3n) is 2.01. The Kier molecular flexibility index (Phi) is 4.20. The minimum Gasteiger partial charge on any atom is -0.491 e. The smallest absolute Gasteiger partial charge is 0.190 e. The van der Waals surface area contributed by atoms with E-state index in [0.29, 0.717) is 6.29 Å². The van der Waals surface area contributed by atoms with Crippen LogP contribution in [-0.4, -0.2) is 18.7 Å². The number of alkyl halides is 1. The second-order valence-corrected chi connectivity index (χ2v) is 3.53. The fraction of sp³-hybridized carbons (Fsp3) is 0.300. The Hall–Kier alpha value is -0.970. The van der Waals surface area contributed by atoms with Gasteiger partial charge < -0.3 is 9.53 Å². The van der Waals surface area contributed by atoms with Gasteiger partial charge in [-0.05, 0) is 6.07 Å². The molecular formula is C10H9BrF2O2. The van der Waals surface area contributed by atoms with Crippen LogP contribution in [0.5, 0.6) is 5.75 Å². The number of methoxy groups -OCH3 is 1. The van der Waals surface area contributed by atoms with Crippen LogP contribution in [0, 0.1) is 11.6 Å². The molecule has 1 aromatic carbocycles. The van der Waals surface area contributed by atoms with Crippen LogP contribution in [0.1, 0.15) is 11.5 Å². The van der Waals surface area contributed by atoms with E-state index in [9.17, 15) is 13.6 Å². The van der Waals surface area contributed by atoms with Gasteiger partial charge in [0, 0.05) is 10.9 Å². The predicted molar refractivity (Wildman–Crippen MR) is 55.5 cm³/mol. The van der Waals surface area contributed by atoms with E-state index in [-0.39, 0.29) is 10.9 Å². The normalized spacial score (nSPS) is 12.3. The molecule has 1 rings (SSSR count). The Labute approximate surface area is 94.4 Å². The van der Waals surface area contributed by atoms with Gasteiger partial charge in [-0.15, -0.1) is 0 Å². The molecule has 2 nitrogen and oxygen atoms in total. The second kappa shape index (κ2) is 5.21. The van der Waals surface area contributed by atoms with Crippen LogP contribution >= 0.6 is 15.9 Å². The van der Waals surface area contributed by atoms with Crippen molar-refractivity contribution in [1.82, 2.24) is 0 Å². The molecule has 0 bridgehead atoms. The number of halogens is 3. The quantitative estimate of drug-likeness (QED) is 0.625. The van der Waals surface area contributed by atoms with Gasteiger partial charge in [0.25, 0.3) is 0 Å². The molecule has 0 radical (unpaired) electrons. The van der Waals surface area contributed by atoms with Gasteiger partial charge in [-0.1, -0.05) is 22.0 Å². The number of hydrogen-bond acceptors (Lipinski definition) is 2. The molecule has 1 aromatic rings. The summed E-state index contributed by atoms with van der Waals surface area (Å²) in [4.78, 5) is 10.6. The van der Waals surface area contributed by atoms with E-state index in [2.05, 4.69) is 20.7 Å². The molecule has 0 fully saturated rings. The van der Waals surface area contributed by atoms with Crippen molar-refractivity contribution in [2.45, 2.75) is 5.92 Å². The standard InChI is InChI=1S/C10H9BrF2O2/c1-15-10-8(12)3-2-7(9(10)13)6(4-11)5-14/h2-3,5-6H,4H2,1H3. The molecule has 0 aliphatic carbocycles. The number of aldehydes is 1. The third kappa shape index (κ3) is 2.34. The van der Waals surface area contributed by atoms with Crippen LogP contribution < -0.4 is 4.74 Å². The molecule has 0 aromatic heterocycles. The summed E-state index contributed by atoms with van der Waals surface area (Å²) in [7, 11) is 1.18. The van der Waals surface area contributed by atoms with Crippen molar-refractivity contribution in [3.05, 3.63) is 29.3 Å². The third-order valence-corrected chi connectivity index (χ3v) is 2.71. The van der Waals surface area contributed by atoms with Gasteiger partial charge in [-0.2, -0.15) is 0 Å². The van der Waals surface area contributed by atoms with E-state index >= 15 is 0 Å². The Bertz CT molecular complexity index is 369. The summed E-state index contributed by atoms with van der Waals surface area (Å²) in [6.07, 6.45) is 0.602. The van der Waals surface area contributed by atoms with E-state index in [1.165, 1.54) is 13.2 Å². The van der Waals surface area contributed by atoms with Crippen molar-refractivity contribution < 1.29 is 18.3 Å². The number of rotatable bonds is 4. The second-order valence-electron chi connectivity index (χ2n) is 2.88. The summed E-state index contributed by atoms with van der Waals surface area (Å²) in [5.74, 6) is -2.70. The number of benzene rings is 1. The average Bonchev–Trinajstić information content (AvgIpc) is 2.23. The SMILES string of the molecule is COc1c(F)ccc(C(C=O)CBr)c1F. The van der Waals surface area contributed by atoms with Crippen LogP contribution in [0.2, 0.25) is 0 Å². The Morgan fingerprint density at radius 1 is 1.53 bits per heavy atom. The monoisotopic (exact) mass is 278 g/mol. The van der Waals surface area contributed by atoms with E-state index in [1.54, 1.807) is 0 Å². The minimum atomic E-state index is -0.825. The van der Waals surface area contributed by atoms with Crippen LogP contribution in [0.25, 0.3) is 0 Å². The average molecular weight is 279 g/mol. The summed E-state index contributed by atoms with van der Waals surface area (Å²) in [6, 6.07) is 2.32. The summed E-state index contributed by atoms with van der Waals surface area (Å²) in [5.41, 5.74) is 0.125. The lowest BCUT2D eigenvalue weighted by molar-refractivity contribution is -0.108. The van der Waals surface area contributed by atoms with Crippen molar-refractivity contribution in [3.8, 4) is 5.75 Å². The van der Waals surface area contributed by atoms with Crippen molar-refractivity contribution in [3.63, 3.8) is 0 Å². The molecule has 0 amide bonds. The maximum absolute atomic E-state index is 13.6. The molecule has 0 saturated carbocycles.